The van der Waals surface area contributed by atoms with Gasteiger partial charge < -0.3 is 5.32 Å². The van der Waals surface area contributed by atoms with E-state index in [1.807, 2.05) is 52.9 Å². The molecule has 1 N–H and O–H groups in total. The van der Waals surface area contributed by atoms with Gasteiger partial charge >= 0.3 is 0 Å². The smallest absolute Gasteiger partial charge is 0.0202 e. The highest BCUT2D eigenvalue weighted by atomic mass is 32.1. The SMILES string of the molecule is CC.CC.CNCc1ccccc1.Cc1cccs1. The molecule has 0 aliphatic carbocycles. The number of hydrogen-bond donors (Lipinski definition) is 1. The molecule has 2 rings (SSSR count). The van der Waals surface area contributed by atoms with Gasteiger partial charge in [-0.25, -0.2) is 0 Å². The highest BCUT2D eigenvalue weighted by molar-refractivity contribution is 7.09. The van der Waals surface area contributed by atoms with Crippen molar-refractivity contribution < 1.29 is 0 Å². The van der Waals surface area contributed by atoms with E-state index in [-0.39, 0.29) is 0 Å². The Hall–Kier alpha value is -1.12. The van der Waals surface area contributed by atoms with E-state index in [1.54, 1.807) is 11.3 Å². The number of benzene rings is 1. The van der Waals surface area contributed by atoms with Crippen molar-refractivity contribution in [2.45, 2.75) is 41.2 Å². The van der Waals surface area contributed by atoms with E-state index in [9.17, 15) is 0 Å². The Morgan fingerprint density at radius 3 is 1.79 bits per heavy atom. The summed E-state index contributed by atoms with van der Waals surface area (Å²) in [6, 6.07) is 14.5. The first-order valence-corrected chi connectivity index (χ1v) is 7.89. The van der Waals surface area contributed by atoms with Crippen LogP contribution in [0.3, 0.4) is 0 Å². The topological polar surface area (TPSA) is 12.0 Å². The van der Waals surface area contributed by atoms with Gasteiger partial charge in [-0.1, -0.05) is 64.1 Å². The van der Waals surface area contributed by atoms with Crippen LogP contribution in [0, 0.1) is 6.92 Å². The molecule has 0 radical (unpaired) electrons. The fraction of sp³-hybridized carbons (Fsp3) is 0.412. The Bertz CT molecular complexity index is 341. The molecule has 2 aromatic rings. The van der Waals surface area contributed by atoms with Crippen molar-refractivity contribution >= 4 is 11.3 Å². The Morgan fingerprint density at radius 2 is 1.47 bits per heavy atom. The predicted octanol–water partition coefficient (Wildman–Crippen LogP) is 5.51. The third kappa shape index (κ3) is 13.1. The molecule has 0 saturated carbocycles. The van der Waals surface area contributed by atoms with Crippen LogP contribution in [0.2, 0.25) is 0 Å². The molecule has 19 heavy (non-hydrogen) atoms. The number of aryl methyl sites for hydroxylation is 1. The van der Waals surface area contributed by atoms with Crippen LogP contribution in [0.25, 0.3) is 0 Å². The zero-order chi connectivity index (χ0) is 14.9. The van der Waals surface area contributed by atoms with Gasteiger partial charge in [0.2, 0.25) is 0 Å². The molecule has 0 atom stereocenters. The second kappa shape index (κ2) is 16.9. The molecule has 0 aliphatic heterocycles. The van der Waals surface area contributed by atoms with Crippen molar-refractivity contribution in [1.82, 2.24) is 5.32 Å². The summed E-state index contributed by atoms with van der Waals surface area (Å²) < 4.78 is 0. The van der Waals surface area contributed by atoms with Gasteiger partial charge in [-0.3, -0.25) is 0 Å². The van der Waals surface area contributed by atoms with E-state index in [2.05, 4.69) is 41.9 Å². The third-order valence-electron chi connectivity index (χ3n) is 1.89. The van der Waals surface area contributed by atoms with Crippen LogP contribution in [0.5, 0.6) is 0 Å². The molecule has 0 saturated heterocycles. The molecule has 0 bridgehead atoms. The average Bonchev–Trinajstić information content (AvgIpc) is 2.97. The van der Waals surface area contributed by atoms with E-state index in [0.717, 1.165) is 6.54 Å². The Morgan fingerprint density at radius 1 is 0.895 bits per heavy atom. The van der Waals surface area contributed by atoms with Crippen LogP contribution < -0.4 is 5.32 Å². The van der Waals surface area contributed by atoms with Crippen molar-refractivity contribution in [1.29, 1.82) is 0 Å². The molecule has 0 unspecified atom stereocenters. The number of thiophene rings is 1. The van der Waals surface area contributed by atoms with Gasteiger partial charge in [0.05, 0.1) is 0 Å². The first-order chi connectivity index (χ1) is 9.33. The number of nitrogens with one attached hydrogen (secondary N) is 1. The van der Waals surface area contributed by atoms with Gasteiger partial charge in [0.15, 0.2) is 0 Å². The minimum absolute atomic E-state index is 0.959. The highest BCUT2D eigenvalue weighted by Gasteiger charge is 1.83. The summed E-state index contributed by atoms with van der Waals surface area (Å²) in [5.74, 6) is 0. The summed E-state index contributed by atoms with van der Waals surface area (Å²) in [5, 5.41) is 5.16. The molecule has 108 valence electrons. The van der Waals surface area contributed by atoms with Crippen LogP contribution >= 0.6 is 11.3 Å². The van der Waals surface area contributed by atoms with Crippen molar-refractivity contribution in [3.05, 3.63) is 58.3 Å². The van der Waals surface area contributed by atoms with Crippen molar-refractivity contribution in [2.24, 2.45) is 0 Å². The van der Waals surface area contributed by atoms with Gasteiger partial charge in [-0.2, -0.15) is 0 Å². The summed E-state index contributed by atoms with van der Waals surface area (Å²) in [6.45, 7) is 11.1. The summed E-state index contributed by atoms with van der Waals surface area (Å²) in [5.41, 5.74) is 1.33. The lowest BCUT2D eigenvalue weighted by molar-refractivity contribution is 0.818. The standard InChI is InChI=1S/C8H11N.C5H6S.2C2H6/c1-9-7-8-5-3-2-4-6-8;1-5-3-2-4-6-5;2*1-2/h2-6,9H,7H2,1H3;2-4H,1H3;2*1-2H3. The van der Waals surface area contributed by atoms with Crippen molar-refractivity contribution in [3.8, 4) is 0 Å². The molecule has 1 heterocycles. The monoisotopic (exact) mass is 279 g/mol. The van der Waals surface area contributed by atoms with Gasteiger partial charge in [-0.05, 0) is 31.0 Å². The zero-order valence-corrected chi connectivity index (χ0v) is 14.1. The van der Waals surface area contributed by atoms with Gasteiger partial charge in [0.25, 0.3) is 0 Å². The molecule has 2 heteroatoms. The van der Waals surface area contributed by atoms with Crippen LogP contribution in [-0.2, 0) is 6.54 Å². The lowest BCUT2D eigenvalue weighted by Gasteiger charge is -1.95. The lowest BCUT2D eigenvalue weighted by atomic mass is 10.2. The fourth-order valence-corrected chi connectivity index (χ4v) is 1.69. The Kier molecular flexibility index (Phi) is 17.9. The molecular weight excluding hydrogens is 250 g/mol. The minimum atomic E-state index is 0.959. The van der Waals surface area contributed by atoms with Crippen LogP contribution in [0.4, 0.5) is 0 Å². The normalized spacial score (nSPS) is 7.89. The quantitative estimate of drug-likeness (QED) is 0.763. The molecule has 1 nitrogen and oxygen atoms in total. The highest BCUT2D eigenvalue weighted by Crippen LogP contribution is 2.03. The van der Waals surface area contributed by atoms with E-state index in [0.29, 0.717) is 0 Å². The second-order valence-corrected chi connectivity index (χ2v) is 4.39. The maximum atomic E-state index is 3.08. The molecule has 0 amide bonds. The summed E-state index contributed by atoms with van der Waals surface area (Å²) >= 11 is 1.78. The average molecular weight is 279 g/mol. The summed E-state index contributed by atoms with van der Waals surface area (Å²) in [7, 11) is 1.95. The number of rotatable bonds is 2. The second-order valence-electron chi connectivity index (χ2n) is 3.24. The third-order valence-corrected chi connectivity index (χ3v) is 2.69. The van der Waals surface area contributed by atoms with Crippen LogP contribution in [0.1, 0.15) is 38.1 Å². The summed E-state index contributed by atoms with van der Waals surface area (Å²) in [6.07, 6.45) is 0. The minimum Gasteiger partial charge on any atom is -0.316 e. The summed E-state index contributed by atoms with van der Waals surface area (Å²) in [4.78, 5) is 1.38. The molecule has 0 spiro atoms. The fourth-order valence-electron chi connectivity index (χ4n) is 1.16. The largest absolute Gasteiger partial charge is 0.316 e. The number of hydrogen-bond acceptors (Lipinski definition) is 2. The van der Waals surface area contributed by atoms with Crippen molar-refractivity contribution in [2.75, 3.05) is 7.05 Å². The lowest BCUT2D eigenvalue weighted by Crippen LogP contribution is -2.04. The molecule has 1 aromatic heterocycles. The van der Waals surface area contributed by atoms with E-state index in [4.69, 9.17) is 0 Å². The van der Waals surface area contributed by atoms with E-state index >= 15 is 0 Å². The van der Waals surface area contributed by atoms with E-state index < -0.39 is 0 Å². The first-order valence-electron chi connectivity index (χ1n) is 7.01. The molecular formula is C17H29NS. The van der Waals surface area contributed by atoms with Crippen LogP contribution in [0.15, 0.2) is 47.8 Å². The zero-order valence-electron chi connectivity index (χ0n) is 13.2. The van der Waals surface area contributed by atoms with Gasteiger partial charge in [0, 0.05) is 11.4 Å². The van der Waals surface area contributed by atoms with Gasteiger partial charge in [-0.15, -0.1) is 11.3 Å². The maximum Gasteiger partial charge on any atom is 0.0202 e. The Balaban J connectivity index is 0. The first kappa shape index (κ1) is 20.2. The molecule has 1 aromatic carbocycles. The maximum absolute atomic E-state index is 3.08. The Labute approximate surface area is 123 Å². The predicted molar refractivity (Wildman–Crippen MR) is 91.0 cm³/mol. The van der Waals surface area contributed by atoms with Gasteiger partial charge in [0.1, 0.15) is 0 Å². The van der Waals surface area contributed by atoms with E-state index in [1.165, 1.54) is 10.4 Å². The van der Waals surface area contributed by atoms with Crippen LogP contribution in [-0.4, -0.2) is 7.05 Å². The van der Waals surface area contributed by atoms with Crippen molar-refractivity contribution in [3.63, 3.8) is 0 Å². The molecule has 0 aliphatic rings. The molecule has 0 fully saturated rings.